The summed E-state index contributed by atoms with van der Waals surface area (Å²) in [7, 11) is -3.40. The smallest absolute Gasteiger partial charge is 0.341 e. The summed E-state index contributed by atoms with van der Waals surface area (Å²) in [6, 6.07) is 5.54. The molecule has 4 nitrogen and oxygen atoms in total. The highest BCUT2D eigenvalue weighted by Crippen LogP contribution is 2.69. The minimum Gasteiger partial charge on any atom is -0.508 e. The summed E-state index contributed by atoms with van der Waals surface area (Å²) in [5, 5.41) is 9.47. The maximum Gasteiger partial charge on any atom is 0.341 e. The van der Waals surface area contributed by atoms with E-state index in [9.17, 15) is 9.67 Å². The fourth-order valence-electron chi connectivity index (χ4n) is 3.99. The highest BCUT2D eigenvalue weighted by Gasteiger charge is 2.51. The van der Waals surface area contributed by atoms with E-state index in [1.165, 1.54) is 0 Å². The molecule has 1 rings (SSSR count). The van der Waals surface area contributed by atoms with Crippen LogP contribution in [0.3, 0.4) is 0 Å². The van der Waals surface area contributed by atoms with Gasteiger partial charge in [0.2, 0.25) is 0 Å². The van der Waals surface area contributed by atoms with Gasteiger partial charge in [-0.1, -0.05) is 58.9 Å². The molecule has 1 N–H and O–H groups in total. The molecule has 0 amide bonds. The first-order chi connectivity index (χ1) is 13.4. The third-order valence-electron chi connectivity index (χ3n) is 5.40. The molecular weight excluding hydrogens is 371 g/mol. The summed E-state index contributed by atoms with van der Waals surface area (Å²) in [6.07, 6.45) is 8.46. The van der Waals surface area contributed by atoms with Gasteiger partial charge in [-0.25, -0.2) is 0 Å². The molecule has 1 aromatic rings. The molecule has 28 heavy (non-hydrogen) atoms. The van der Waals surface area contributed by atoms with Crippen molar-refractivity contribution < 1.29 is 18.7 Å². The van der Waals surface area contributed by atoms with E-state index in [1.807, 2.05) is 26.0 Å². The molecule has 0 atom stereocenters. The predicted octanol–water partition coefficient (Wildman–Crippen LogP) is 7.58. The van der Waals surface area contributed by atoms with Gasteiger partial charge >= 0.3 is 7.60 Å². The summed E-state index contributed by atoms with van der Waals surface area (Å²) in [5.74, 6) is 0.261. The van der Waals surface area contributed by atoms with Gasteiger partial charge in [-0.3, -0.25) is 4.57 Å². The van der Waals surface area contributed by atoms with Gasteiger partial charge in [0.05, 0.1) is 18.4 Å². The predicted molar refractivity (Wildman–Crippen MR) is 118 cm³/mol. The minimum atomic E-state index is -3.40. The molecule has 0 heterocycles. The van der Waals surface area contributed by atoms with Crippen molar-refractivity contribution in [2.45, 2.75) is 97.6 Å². The zero-order chi connectivity index (χ0) is 21.0. The van der Waals surface area contributed by atoms with Gasteiger partial charge in [-0.05, 0) is 62.8 Å². The van der Waals surface area contributed by atoms with Crippen LogP contribution in [-0.2, 0) is 25.2 Å². The van der Waals surface area contributed by atoms with Crippen molar-refractivity contribution >= 4 is 7.60 Å². The second-order valence-corrected chi connectivity index (χ2v) is 9.88. The summed E-state index contributed by atoms with van der Waals surface area (Å²) in [6.45, 7) is 11.0. The lowest BCUT2D eigenvalue weighted by atomic mass is 9.83. The highest BCUT2D eigenvalue weighted by molar-refractivity contribution is 7.55. The van der Waals surface area contributed by atoms with Crippen LogP contribution in [-0.4, -0.2) is 18.3 Å². The van der Waals surface area contributed by atoms with Gasteiger partial charge in [-0.2, -0.15) is 0 Å². The normalized spacial score (nSPS) is 12.5. The zero-order valence-electron chi connectivity index (χ0n) is 18.6. The van der Waals surface area contributed by atoms with Crippen molar-refractivity contribution in [1.29, 1.82) is 0 Å². The van der Waals surface area contributed by atoms with Gasteiger partial charge in [0.15, 0.2) is 0 Å². The summed E-state index contributed by atoms with van der Waals surface area (Å²) < 4.78 is 26.1. The van der Waals surface area contributed by atoms with Gasteiger partial charge in [-0.15, -0.1) is 0 Å². The van der Waals surface area contributed by atoms with E-state index in [2.05, 4.69) is 20.8 Å². The van der Waals surface area contributed by atoms with Crippen molar-refractivity contribution in [3.05, 3.63) is 29.3 Å². The molecule has 0 radical (unpaired) electrons. The van der Waals surface area contributed by atoms with Crippen LogP contribution in [0.2, 0.25) is 0 Å². The molecule has 0 bridgehead atoms. The Labute approximate surface area is 172 Å². The van der Waals surface area contributed by atoms with Crippen molar-refractivity contribution in [1.82, 2.24) is 0 Å². The average molecular weight is 413 g/mol. The lowest BCUT2D eigenvalue weighted by molar-refractivity contribution is 0.186. The third kappa shape index (κ3) is 6.08. The Kier molecular flexibility index (Phi) is 11.4. The second-order valence-electron chi connectivity index (χ2n) is 7.52. The monoisotopic (exact) mass is 412 g/mol. The van der Waals surface area contributed by atoms with Gasteiger partial charge in [0, 0.05) is 0 Å². The van der Waals surface area contributed by atoms with Crippen LogP contribution < -0.4 is 0 Å². The molecule has 5 heteroatoms. The molecule has 0 aliphatic heterocycles. The first-order valence-electron chi connectivity index (χ1n) is 11.2. The second kappa shape index (κ2) is 12.7. The number of hydrogen-bond donors (Lipinski definition) is 1. The number of rotatable bonds is 15. The number of aryl methyl sites for hydroxylation is 1. The Balaban J connectivity index is 3.69. The molecule has 1 aromatic carbocycles. The topological polar surface area (TPSA) is 55.8 Å². The number of unbranched alkanes of at least 4 members (excludes halogenated alkanes) is 3. The summed E-state index contributed by atoms with van der Waals surface area (Å²) in [4.78, 5) is 0. The maximum absolute atomic E-state index is 14.3. The summed E-state index contributed by atoms with van der Waals surface area (Å²) >= 11 is 0. The number of phenolic OH excluding ortho intramolecular Hbond substituents is 1. The number of benzene rings is 1. The van der Waals surface area contributed by atoms with Crippen LogP contribution in [0.1, 0.15) is 97.1 Å². The van der Waals surface area contributed by atoms with Gasteiger partial charge < -0.3 is 14.2 Å². The van der Waals surface area contributed by atoms with Crippen LogP contribution >= 0.6 is 7.60 Å². The lowest BCUT2D eigenvalue weighted by Crippen LogP contribution is -2.30. The average Bonchev–Trinajstić information content (AvgIpc) is 2.67. The van der Waals surface area contributed by atoms with E-state index in [4.69, 9.17) is 9.05 Å². The van der Waals surface area contributed by atoms with E-state index < -0.39 is 12.8 Å². The van der Waals surface area contributed by atoms with Gasteiger partial charge in [0.25, 0.3) is 0 Å². The Morgan fingerprint density at radius 1 is 0.893 bits per heavy atom. The molecule has 0 spiro atoms. The van der Waals surface area contributed by atoms with Crippen molar-refractivity contribution in [3.8, 4) is 5.75 Å². The van der Waals surface area contributed by atoms with Gasteiger partial charge in [0.1, 0.15) is 5.75 Å². The number of aromatic hydroxyl groups is 1. The first-order valence-corrected chi connectivity index (χ1v) is 12.7. The minimum absolute atomic E-state index is 0.261. The van der Waals surface area contributed by atoms with Crippen LogP contribution in [0.5, 0.6) is 5.75 Å². The summed E-state index contributed by atoms with van der Waals surface area (Å²) in [5.41, 5.74) is 2.12. The van der Waals surface area contributed by atoms with Crippen molar-refractivity contribution in [3.63, 3.8) is 0 Å². The fourth-order valence-corrected chi connectivity index (χ4v) is 6.61. The molecule has 0 aliphatic rings. The van der Waals surface area contributed by atoms with E-state index in [0.29, 0.717) is 13.2 Å². The Bertz CT molecular complexity index is 597. The van der Waals surface area contributed by atoms with Crippen LogP contribution in [0.25, 0.3) is 0 Å². The zero-order valence-corrected chi connectivity index (χ0v) is 19.5. The molecule has 0 saturated carbocycles. The largest absolute Gasteiger partial charge is 0.508 e. The highest BCUT2D eigenvalue weighted by atomic mass is 31.2. The van der Waals surface area contributed by atoms with Crippen molar-refractivity contribution in [2.24, 2.45) is 0 Å². The van der Waals surface area contributed by atoms with E-state index in [1.54, 1.807) is 6.07 Å². The molecule has 0 aromatic heterocycles. The van der Waals surface area contributed by atoms with Crippen molar-refractivity contribution in [2.75, 3.05) is 13.2 Å². The Morgan fingerprint density at radius 2 is 1.43 bits per heavy atom. The van der Waals surface area contributed by atoms with E-state index >= 15 is 0 Å². The molecule has 0 aliphatic carbocycles. The molecular formula is C23H41O4P. The first kappa shape index (κ1) is 25.2. The third-order valence-corrected chi connectivity index (χ3v) is 8.33. The van der Waals surface area contributed by atoms with Crippen LogP contribution in [0.15, 0.2) is 18.2 Å². The lowest BCUT2D eigenvalue weighted by Gasteiger charge is -2.41. The quantitative estimate of drug-likeness (QED) is 0.302. The Morgan fingerprint density at radius 3 is 1.89 bits per heavy atom. The molecule has 162 valence electrons. The van der Waals surface area contributed by atoms with E-state index in [-0.39, 0.29) is 5.75 Å². The fraction of sp³-hybridized carbons (Fsp3) is 0.739. The van der Waals surface area contributed by atoms with Crippen LogP contribution in [0.4, 0.5) is 0 Å². The Hall–Kier alpha value is -0.830. The molecule has 0 saturated heterocycles. The number of phenols is 1. The van der Waals surface area contributed by atoms with Crippen LogP contribution in [0, 0.1) is 0 Å². The SMILES string of the molecule is CCCCc1cc(O)ccc1C(CCCC)(CCCC)P(=O)(OCC)OCC. The molecule has 0 unspecified atom stereocenters. The molecule has 0 fully saturated rings. The maximum atomic E-state index is 14.3. The standard InChI is InChI=1S/C23H41O4P/c1-6-11-14-20-19-21(24)15-16-22(20)23(17-12-7-2,18-13-8-3)28(25,26-9-4)27-10-5/h15-16,19,24H,6-14,17-18H2,1-5H3. The van der Waals surface area contributed by atoms with E-state index in [0.717, 1.165) is 68.9 Å². The number of hydrogen-bond acceptors (Lipinski definition) is 4.